The fourth-order valence-electron chi connectivity index (χ4n) is 1.99. The van der Waals surface area contributed by atoms with E-state index in [9.17, 15) is 13.6 Å². The summed E-state index contributed by atoms with van der Waals surface area (Å²) >= 11 is 0. The molecule has 0 fully saturated rings. The second kappa shape index (κ2) is 6.17. The summed E-state index contributed by atoms with van der Waals surface area (Å²) in [7, 11) is 1.59. The predicted molar refractivity (Wildman–Crippen MR) is 73.7 cm³/mol. The van der Waals surface area contributed by atoms with E-state index in [1.165, 1.54) is 0 Å². The van der Waals surface area contributed by atoms with E-state index in [0.29, 0.717) is 12.5 Å². The van der Waals surface area contributed by atoms with Crippen molar-refractivity contribution >= 4 is 11.6 Å². The highest BCUT2D eigenvalue weighted by molar-refractivity contribution is 5.94. The zero-order valence-corrected chi connectivity index (χ0v) is 12.1. The summed E-state index contributed by atoms with van der Waals surface area (Å²) in [5.41, 5.74) is 4.36. The zero-order chi connectivity index (χ0) is 15.5. The van der Waals surface area contributed by atoms with Crippen LogP contribution in [-0.4, -0.2) is 24.7 Å². The maximum Gasteiger partial charge on any atom is 0.251 e. The third-order valence-electron chi connectivity index (χ3n) is 3.07. The van der Waals surface area contributed by atoms with Gasteiger partial charge in [-0.2, -0.15) is 0 Å². The van der Waals surface area contributed by atoms with Crippen molar-refractivity contribution in [2.75, 3.05) is 12.4 Å². The monoisotopic (exact) mass is 286 g/mol. The highest BCUT2D eigenvalue weighted by Crippen LogP contribution is 2.23. The summed E-state index contributed by atoms with van der Waals surface area (Å²) in [5, 5.41) is 2.89. The van der Waals surface area contributed by atoms with Crippen LogP contribution in [0.1, 0.15) is 37.6 Å². The van der Waals surface area contributed by atoms with Crippen LogP contribution in [0.2, 0.25) is 0 Å². The number of hydrogen-bond donors (Lipinski definition) is 2. The summed E-state index contributed by atoms with van der Waals surface area (Å²) in [6, 6.07) is 1.60. The summed E-state index contributed by atoms with van der Waals surface area (Å²) in [4.78, 5) is 11.1. The minimum absolute atomic E-state index is 0.0413. The molecule has 0 aliphatic rings. The van der Waals surface area contributed by atoms with Gasteiger partial charge in [0.15, 0.2) is 0 Å². The molecule has 3 N–H and O–H groups in total. The third kappa shape index (κ3) is 4.16. The van der Waals surface area contributed by atoms with Crippen LogP contribution in [0.5, 0.6) is 0 Å². The Bertz CT molecular complexity index is 504. The second-order valence-corrected chi connectivity index (χ2v) is 5.39. The average Bonchev–Trinajstić information content (AvgIpc) is 2.31. The number of carbonyl (C=O) groups is 1. The van der Waals surface area contributed by atoms with Crippen molar-refractivity contribution in [2.24, 2.45) is 5.73 Å². The van der Waals surface area contributed by atoms with E-state index in [-0.39, 0.29) is 22.9 Å². The third-order valence-corrected chi connectivity index (χ3v) is 3.07. The number of amides is 1. The molecule has 0 aliphatic carbocycles. The molecule has 0 bridgehead atoms. The lowest BCUT2D eigenvalue weighted by Gasteiger charge is -2.27. The van der Waals surface area contributed by atoms with Gasteiger partial charge in [0.25, 0.3) is 5.91 Å². The molecule has 1 aromatic rings. The molecule has 20 heavy (non-hydrogen) atoms. The van der Waals surface area contributed by atoms with E-state index < -0.39 is 17.5 Å². The first kappa shape index (κ1) is 16.4. The van der Waals surface area contributed by atoms with Crippen LogP contribution in [0.25, 0.3) is 0 Å². The normalized spacial score (nSPS) is 13.1. The van der Waals surface area contributed by atoms with E-state index in [1.54, 1.807) is 7.11 Å². The van der Waals surface area contributed by atoms with Crippen molar-refractivity contribution in [3.8, 4) is 0 Å². The maximum absolute atomic E-state index is 13.7. The van der Waals surface area contributed by atoms with Gasteiger partial charge in [0, 0.05) is 19.2 Å². The van der Waals surface area contributed by atoms with Crippen LogP contribution < -0.4 is 11.1 Å². The smallest absolute Gasteiger partial charge is 0.251 e. The van der Waals surface area contributed by atoms with Gasteiger partial charge in [-0.05, 0) is 33.3 Å². The van der Waals surface area contributed by atoms with Crippen molar-refractivity contribution in [2.45, 2.75) is 38.8 Å². The minimum atomic E-state index is -0.967. The lowest BCUT2D eigenvalue weighted by molar-refractivity contribution is 0.0127. The average molecular weight is 286 g/mol. The Morgan fingerprint density at radius 1 is 1.40 bits per heavy atom. The molecule has 6 heteroatoms. The minimum Gasteiger partial charge on any atom is -0.380 e. The van der Waals surface area contributed by atoms with Gasteiger partial charge in [0.05, 0.1) is 16.9 Å². The molecular formula is C14H20F2N2O2. The molecule has 0 spiro atoms. The highest BCUT2D eigenvalue weighted by Gasteiger charge is 2.21. The number of rotatable bonds is 6. The predicted octanol–water partition coefficient (Wildman–Crippen LogP) is 2.68. The van der Waals surface area contributed by atoms with Gasteiger partial charge in [-0.25, -0.2) is 8.78 Å². The number of ether oxygens (including phenoxy) is 1. The first-order valence-electron chi connectivity index (χ1n) is 6.27. The lowest BCUT2D eigenvalue weighted by atomic mass is 9.99. The fraction of sp³-hybridized carbons (Fsp3) is 0.500. The Hall–Kier alpha value is -1.69. The van der Waals surface area contributed by atoms with Crippen LogP contribution in [0.4, 0.5) is 14.5 Å². The van der Waals surface area contributed by atoms with E-state index >= 15 is 0 Å². The molecule has 0 saturated heterocycles. The van der Waals surface area contributed by atoms with Gasteiger partial charge in [-0.15, -0.1) is 0 Å². The van der Waals surface area contributed by atoms with Crippen molar-refractivity contribution in [3.63, 3.8) is 0 Å². The first-order valence-corrected chi connectivity index (χ1v) is 6.27. The summed E-state index contributed by atoms with van der Waals surface area (Å²) < 4.78 is 32.3. The zero-order valence-electron chi connectivity index (χ0n) is 12.1. The first-order chi connectivity index (χ1) is 9.16. The molecule has 0 aliphatic heterocycles. The van der Waals surface area contributed by atoms with Gasteiger partial charge in [0.1, 0.15) is 11.6 Å². The Labute approximate surface area is 117 Å². The molecule has 1 rings (SSSR count). The number of halogens is 2. The molecule has 0 radical (unpaired) electrons. The van der Waals surface area contributed by atoms with Crippen LogP contribution in [0.3, 0.4) is 0 Å². The second-order valence-electron chi connectivity index (χ2n) is 5.39. The highest BCUT2D eigenvalue weighted by atomic mass is 19.1. The Kier molecular flexibility index (Phi) is 5.05. The number of nitrogens with one attached hydrogen (secondary N) is 1. The largest absolute Gasteiger partial charge is 0.380 e. The molecule has 1 atom stereocenters. The summed E-state index contributed by atoms with van der Waals surface area (Å²) in [5.74, 6) is -2.67. The van der Waals surface area contributed by atoms with E-state index in [2.05, 4.69) is 5.32 Å². The van der Waals surface area contributed by atoms with E-state index in [4.69, 9.17) is 10.5 Å². The van der Waals surface area contributed by atoms with Gasteiger partial charge in [-0.3, -0.25) is 4.79 Å². The van der Waals surface area contributed by atoms with Crippen LogP contribution in [-0.2, 0) is 4.74 Å². The Morgan fingerprint density at radius 3 is 2.50 bits per heavy atom. The number of carbonyl (C=O) groups excluding carboxylic acids is 1. The van der Waals surface area contributed by atoms with Gasteiger partial charge >= 0.3 is 0 Å². The number of nitrogens with two attached hydrogens (primary N) is 1. The molecule has 0 heterocycles. The maximum atomic E-state index is 13.7. The number of hydrogen-bond acceptors (Lipinski definition) is 3. The van der Waals surface area contributed by atoms with E-state index in [1.807, 2.05) is 20.8 Å². The molecule has 4 nitrogen and oxygen atoms in total. The number of primary amides is 1. The number of methoxy groups -OCH3 is 1. The lowest BCUT2D eigenvalue weighted by Crippen LogP contribution is -2.31. The van der Waals surface area contributed by atoms with E-state index in [0.717, 1.165) is 6.07 Å². The van der Waals surface area contributed by atoms with Crippen LogP contribution >= 0.6 is 0 Å². The molecule has 0 aromatic heterocycles. The summed E-state index contributed by atoms with van der Waals surface area (Å²) in [6.45, 7) is 5.65. The van der Waals surface area contributed by atoms with Gasteiger partial charge < -0.3 is 15.8 Å². The molecule has 0 saturated carbocycles. The molecule has 1 unspecified atom stereocenters. The molecule has 1 amide bonds. The summed E-state index contributed by atoms with van der Waals surface area (Å²) in [6.07, 6.45) is 0.603. The van der Waals surface area contributed by atoms with Crippen molar-refractivity contribution in [1.82, 2.24) is 0 Å². The van der Waals surface area contributed by atoms with Crippen LogP contribution in [0, 0.1) is 11.6 Å². The van der Waals surface area contributed by atoms with Crippen molar-refractivity contribution in [3.05, 3.63) is 29.3 Å². The molecule has 112 valence electrons. The number of benzene rings is 1. The van der Waals surface area contributed by atoms with Gasteiger partial charge in [0.2, 0.25) is 0 Å². The van der Waals surface area contributed by atoms with Gasteiger partial charge in [-0.1, -0.05) is 0 Å². The van der Waals surface area contributed by atoms with Crippen LogP contribution in [0.15, 0.2) is 12.1 Å². The standard InChI is InChI=1S/C14H20F2N2O2/c1-8(7-14(2,3)20-4)18-12-5-9(13(17)19)10(15)6-11(12)16/h5-6,8,18H,7H2,1-4H3,(H2,17,19). The Morgan fingerprint density at radius 2 is 2.00 bits per heavy atom. The van der Waals surface area contributed by atoms with Crippen molar-refractivity contribution in [1.29, 1.82) is 0 Å². The molecule has 1 aromatic carbocycles. The topological polar surface area (TPSA) is 64.3 Å². The quantitative estimate of drug-likeness (QED) is 0.845. The fourth-order valence-corrected chi connectivity index (χ4v) is 1.99. The molecular weight excluding hydrogens is 266 g/mol. The Balaban J connectivity index is 2.92. The van der Waals surface area contributed by atoms with Crippen molar-refractivity contribution < 1.29 is 18.3 Å². The number of anilines is 1. The SMILES string of the molecule is COC(C)(C)CC(C)Nc1cc(C(N)=O)c(F)cc1F.